The van der Waals surface area contributed by atoms with Gasteiger partial charge in [-0.3, -0.25) is 0 Å². The van der Waals surface area contributed by atoms with Crippen LogP contribution < -0.4 is 5.32 Å². The summed E-state index contributed by atoms with van der Waals surface area (Å²) in [7, 11) is 0. The topological polar surface area (TPSA) is 55.6 Å². The number of tetrazole rings is 1. The summed E-state index contributed by atoms with van der Waals surface area (Å²) in [6.45, 7) is 4.99. The van der Waals surface area contributed by atoms with Gasteiger partial charge in [-0.2, -0.15) is 4.68 Å². The first-order chi connectivity index (χ1) is 8.63. The van der Waals surface area contributed by atoms with E-state index in [1.807, 2.05) is 25.1 Å². The molecule has 0 aliphatic carbocycles. The second kappa shape index (κ2) is 6.07. The molecule has 1 N–H and O–H groups in total. The Morgan fingerprint density at radius 3 is 2.94 bits per heavy atom. The maximum Gasteiger partial charge on any atom is 0.173 e. The molecule has 1 heterocycles. The van der Waals surface area contributed by atoms with E-state index >= 15 is 0 Å². The van der Waals surface area contributed by atoms with Crippen molar-refractivity contribution in [3.05, 3.63) is 32.1 Å². The first-order valence-electron chi connectivity index (χ1n) is 5.60. The molecule has 0 amide bonds. The van der Waals surface area contributed by atoms with E-state index in [1.54, 1.807) is 4.68 Å². The van der Waals surface area contributed by atoms with Gasteiger partial charge in [-0.25, -0.2) is 0 Å². The maximum absolute atomic E-state index is 4.09. The monoisotopic (exact) mass is 421 g/mol. The zero-order chi connectivity index (χ0) is 13.1. The molecule has 1 aromatic carbocycles. The molecule has 96 valence electrons. The SMILES string of the molecule is CCNC(C)c1nnnn1-c1ccc(I)cc1Br. The molecule has 1 aromatic heterocycles. The molecule has 0 aliphatic heterocycles. The van der Waals surface area contributed by atoms with E-state index in [1.165, 1.54) is 0 Å². The highest BCUT2D eigenvalue weighted by Gasteiger charge is 2.16. The number of aromatic nitrogens is 4. The summed E-state index contributed by atoms with van der Waals surface area (Å²) in [5.74, 6) is 0.804. The highest BCUT2D eigenvalue weighted by Crippen LogP contribution is 2.24. The zero-order valence-corrected chi connectivity index (χ0v) is 13.8. The molecule has 0 saturated heterocycles. The standard InChI is InChI=1S/C11H13BrIN5/c1-3-14-7(2)11-15-16-17-18(11)10-5-4-8(13)6-9(10)12/h4-7,14H,3H2,1-2H3. The molecule has 0 fully saturated rings. The third-order valence-corrected chi connectivity index (χ3v) is 3.84. The van der Waals surface area contributed by atoms with Gasteiger partial charge in [0.1, 0.15) is 0 Å². The minimum atomic E-state index is 0.108. The number of hydrogen-bond donors (Lipinski definition) is 1. The van der Waals surface area contributed by atoms with Crippen molar-refractivity contribution in [3.63, 3.8) is 0 Å². The minimum absolute atomic E-state index is 0.108. The van der Waals surface area contributed by atoms with Gasteiger partial charge in [0.05, 0.1) is 11.7 Å². The fourth-order valence-electron chi connectivity index (χ4n) is 1.69. The van der Waals surface area contributed by atoms with Crippen molar-refractivity contribution in [2.45, 2.75) is 19.9 Å². The van der Waals surface area contributed by atoms with Crippen molar-refractivity contribution in [2.24, 2.45) is 0 Å². The van der Waals surface area contributed by atoms with Gasteiger partial charge in [-0.15, -0.1) is 5.10 Å². The lowest BCUT2D eigenvalue weighted by Gasteiger charge is -2.13. The van der Waals surface area contributed by atoms with E-state index in [0.717, 1.165) is 26.1 Å². The van der Waals surface area contributed by atoms with E-state index in [4.69, 9.17) is 0 Å². The molecule has 5 nitrogen and oxygen atoms in total. The van der Waals surface area contributed by atoms with Gasteiger partial charge in [0.2, 0.25) is 0 Å². The summed E-state index contributed by atoms with van der Waals surface area (Å²) in [5.41, 5.74) is 0.945. The van der Waals surface area contributed by atoms with Crippen LogP contribution in [0.5, 0.6) is 0 Å². The molecule has 1 atom stereocenters. The zero-order valence-electron chi connectivity index (χ0n) is 10.1. The summed E-state index contributed by atoms with van der Waals surface area (Å²) in [5, 5.41) is 15.2. The number of nitrogens with zero attached hydrogens (tertiary/aromatic N) is 4. The van der Waals surface area contributed by atoms with Crippen molar-refractivity contribution in [1.29, 1.82) is 0 Å². The Kier molecular flexibility index (Phi) is 4.68. The molecule has 2 rings (SSSR count). The van der Waals surface area contributed by atoms with Gasteiger partial charge in [0, 0.05) is 8.04 Å². The molecule has 2 aromatic rings. The summed E-state index contributed by atoms with van der Waals surface area (Å²) in [6.07, 6.45) is 0. The molecule has 0 bridgehead atoms. The molecule has 18 heavy (non-hydrogen) atoms. The summed E-state index contributed by atoms with van der Waals surface area (Å²) >= 11 is 5.82. The lowest BCUT2D eigenvalue weighted by Crippen LogP contribution is -2.21. The normalized spacial score (nSPS) is 12.7. The quantitative estimate of drug-likeness (QED) is 0.771. The second-order valence-corrected chi connectivity index (χ2v) is 5.92. The van der Waals surface area contributed by atoms with Crippen LogP contribution in [0.2, 0.25) is 0 Å². The molecular formula is C11H13BrIN5. The van der Waals surface area contributed by atoms with Crippen molar-refractivity contribution in [3.8, 4) is 5.69 Å². The number of benzene rings is 1. The Morgan fingerprint density at radius 1 is 1.50 bits per heavy atom. The maximum atomic E-state index is 4.09. The van der Waals surface area contributed by atoms with Gasteiger partial charge in [-0.1, -0.05) is 6.92 Å². The van der Waals surface area contributed by atoms with Crippen LogP contribution in [0.4, 0.5) is 0 Å². The van der Waals surface area contributed by atoms with Gasteiger partial charge in [-0.05, 0) is 80.6 Å². The minimum Gasteiger partial charge on any atom is -0.308 e. The molecule has 1 unspecified atom stereocenters. The van der Waals surface area contributed by atoms with E-state index in [9.17, 15) is 0 Å². The fourth-order valence-corrected chi connectivity index (χ4v) is 3.15. The van der Waals surface area contributed by atoms with Gasteiger partial charge >= 0.3 is 0 Å². The van der Waals surface area contributed by atoms with Crippen LogP contribution in [0.25, 0.3) is 5.69 Å². The van der Waals surface area contributed by atoms with E-state index in [2.05, 4.69) is 66.3 Å². The third-order valence-electron chi connectivity index (χ3n) is 2.53. The summed E-state index contributed by atoms with van der Waals surface area (Å²) in [6, 6.07) is 6.18. The van der Waals surface area contributed by atoms with Gasteiger partial charge < -0.3 is 5.32 Å². The fraction of sp³-hybridized carbons (Fsp3) is 0.364. The van der Waals surface area contributed by atoms with Crippen molar-refractivity contribution in [1.82, 2.24) is 25.5 Å². The van der Waals surface area contributed by atoms with Crippen LogP contribution in [-0.4, -0.2) is 26.8 Å². The predicted molar refractivity (Wildman–Crippen MR) is 81.7 cm³/mol. The average Bonchev–Trinajstić information content (AvgIpc) is 2.78. The highest BCUT2D eigenvalue weighted by atomic mass is 127. The predicted octanol–water partition coefficient (Wildman–Crippen LogP) is 2.70. The summed E-state index contributed by atoms with van der Waals surface area (Å²) < 4.78 is 3.90. The van der Waals surface area contributed by atoms with E-state index in [-0.39, 0.29) is 6.04 Å². The average molecular weight is 422 g/mol. The third kappa shape index (κ3) is 2.89. The Morgan fingerprint density at radius 2 is 2.28 bits per heavy atom. The number of nitrogens with one attached hydrogen (secondary N) is 1. The van der Waals surface area contributed by atoms with Crippen LogP contribution in [0, 0.1) is 3.57 Å². The molecule has 0 spiro atoms. The van der Waals surface area contributed by atoms with E-state index in [0.29, 0.717) is 0 Å². The van der Waals surface area contributed by atoms with Crippen LogP contribution in [0.15, 0.2) is 22.7 Å². The van der Waals surface area contributed by atoms with Crippen molar-refractivity contribution in [2.75, 3.05) is 6.54 Å². The van der Waals surface area contributed by atoms with Crippen LogP contribution >= 0.6 is 38.5 Å². The molecule has 0 radical (unpaired) electrons. The van der Waals surface area contributed by atoms with Crippen LogP contribution in [0.1, 0.15) is 25.7 Å². The first kappa shape index (κ1) is 13.9. The molecular weight excluding hydrogens is 409 g/mol. The number of rotatable bonds is 4. The molecule has 7 heteroatoms. The smallest absolute Gasteiger partial charge is 0.173 e. The van der Waals surface area contributed by atoms with Crippen LogP contribution in [0.3, 0.4) is 0 Å². The summed E-state index contributed by atoms with van der Waals surface area (Å²) in [4.78, 5) is 0. The lowest BCUT2D eigenvalue weighted by atomic mass is 10.3. The Balaban J connectivity index is 2.42. The number of hydrogen-bond acceptors (Lipinski definition) is 4. The van der Waals surface area contributed by atoms with Crippen molar-refractivity contribution >= 4 is 38.5 Å². The number of halogens is 2. The molecule has 0 aliphatic rings. The Hall–Kier alpha value is -0.540. The molecule has 0 saturated carbocycles. The Labute approximate surface area is 128 Å². The van der Waals surface area contributed by atoms with Gasteiger partial charge in [0.25, 0.3) is 0 Å². The Bertz CT molecular complexity index is 542. The largest absolute Gasteiger partial charge is 0.308 e. The lowest BCUT2D eigenvalue weighted by molar-refractivity contribution is 0.550. The second-order valence-electron chi connectivity index (χ2n) is 3.82. The highest BCUT2D eigenvalue weighted by molar-refractivity contribution is 14.1. The van der Waals surface area contributed by atoms with E-state index < -0.39 is 0 Å². The van der Waals surface area contributed by atoms with Crippen LogP contribution in [-0.2, 0) is 0 Å². The van der Waals surface area contributed by atoms with Crippen molar-refractivity contribution < 1.29 is 0 Å². The first-order valence-corrected chi connectivity index (χ1v) is 7.47. The van der Waals surface area contributed by atoms with Gasteiger partial charge in [0.15, 0.2) is 5.82 Å².